The van der Waals surface area contributed by atoms with Crippen molar-refractivity contribution in [2.45, 2.75) is 13.5 Å². The summed E-state index contributed by atoms with van der Waals surface area (Å²) < 4.78 is 15.1. The summed E-state index contributed by atoms with van der Waals surface area (Å²) in [6, 6.07) is 17.8. The van der Waals surface area contributed by atoms with Crippen LogP contribution in [0, 0.1) is 0 Å². The highest BCUT2D eigenvalue weighted by molar-refractivity contribution is 6.35. The lowest BCUT2D eigenvalue weighted by molar-refractivity contribution is -0.118. The fraction of sp³-hybridized carbons (Fsp3) is 0.160. The monoisotopic (exact) mass is 516 g/mol. The van der Waals surface area contributed by atoms with Gasteiger partial charge < -0.3 is 24.8 Å². The average Bonchev–Trinajstić information content (AvgIpc) is 2.83. The van der Waals surface area contributed by atoms with Crippen LogP contribution >= 0.6 is 23.2 Å². The molecule has 0 aromatic heterocycles. The second-order valence-electron chi connectivity index (χ2n) is 7.06. The number of halogens is 2. The summed E-state index contributed by atoms with van der Waals surface area (Å²) in [7, 11) is 0. The third-order valence-electron chi connectivity index (χ3n) is 4.56. The molecule has 0 atom stereocenters. The molecule has 35 heavy (non-hydrogen) atoms. The van der Waals surface area contributed by atoms with E-state index in [1.807, 2.05) is 0 Å². The molecule has 0 heterocycles. The maximum Gasteiger partial charge on any atom is 0.513 e. The number of carbonyl (C=O) groups is 3. The first-order chi connectivity index (χ1) is 16.9. The Hall–Kier alpha value is -3.75. The molecule has 3 rings (SSSR count). The Morgan fingerprint density at radius 2 is 1.69 bits per heavy atom. The minimum atomic E-state index is -0.815. The lowest BCUT2D eigenvalue weighted by atomic mass is 10.1. The molecule has 3 aromatic rings. The Morgan fingerprint density at radius 1 is 0.943 bits per heavy atom. The molecule has 0 radical (unpaired) electrons. The highest BCUT2D eigenvalue weighted by Gasteiger charge is 2.12. The van der Waals surface area contributed by atoms with E-state index in [9.17, 15) is 14.4 Å². The average molecular weight is 517 g/mol. The number of hydrogen-bond donors (Lipinski definition) is 2. The van der Waals surface area contributed by atoms with E-state index in [2.05, 4.69) is 10.6 Å². The Bertz CT molecular complexity index is 1200. The minimum Gasteiger partial charge on any atom is -0.482 e. The number of nitrogens with one attached hydrogen (secondary N) is 2. The summed E-state index contributed by atoms with van der Waals surface area (Å²) in [4.78, 5) is 36.3. The molecule has 0 fully saturated rings. The van der Waals surface area contributed by atoms with Crippen LogP contribution in [0.1, 0.15) is 22.8 Å². The standard InChI is InChI=1S/C25H22Cl2N2O6/c1-2-33-25(32)35-19-10-7-16(8-11-19)24(31)28-14-17-5-3-4-6-21(17)29-23(30)15-34-22-12-9-18(26)13-20(22)27/h3-13H,2,14-15H2,1H3,(H,28,31)(H,29,30). The molecule has 0 unspecified atom stereocenters. The van der Waals surface area contributed by atoms with E-state index in [1.54, 1.807) is 43.3 Å². The fourth-order valence-electron chi connectivity index (χ4n) is 2.91. The van der Waals surface area contributed by atoms with Gasteiger partial charge in [0, 0.05) is 22.8 Å². The van der Waals surface area contributed by atoms with Crippen molar-refractivity contribution < 1.29 is 28.6 Å². The van der Waals surface area contributed by atoms with Gasteiger partial charge in [-0.05, 0) is 61.0 Å². The lowest BCUT2D eigenvalue weighted by Crippen LogP contribution is -2.25. The third kappa shape index (κ3) is 7.91. The summed E-state index contributed by atoms with van der Waals surface area (Å²) in [5, 5.41) is 6.32. The maximum absolute atomic E-state index is 12.5. The highest BCUT2D eigenvalue weighted by Crippen LogP contribution is 2.27. The highest BCUT2D eigenvalue weighted by atomic mass is 35.5. The molecule has 10 heteroatoms. The zero-order valence-corrected chi connectivity index (χ0v) is 20.2. The molecule has 2 amide bonds. The van der Waals surface area contributed by atoms with Crippen molar-refractivity contribution in [1.82, 2.24) is 5.32 Å². The maximum atomic E-state index is 12.5. The minimum absolute atomic E-state index is 0.167. The van der Waals surface area contributed by atoms with Crippen LogP contribution < -0.4 is 20.1 Å². The van der Waals surface area contributed by atoms with Crippen LogP contribution in [0.3, 0.4) is 0 Å². The first-order valence-corrected chi connectivity index (χ1v) is 11.3. The summed E-state index contributed by atoms with van der Waals surface area (Å²) in [5.41, 5.74) is 1.60. The Labute approximate surface area is 212 Å². The first kappa shape index (κ1) is 25.9. The molecule has 0 aliphatic rings. The number of ether oxygens (including phenoxy) is 3. The molecule has 0 saturated heterocycles. The van der Waals surface area contributed by atoms with Crippen molar-refractivity contribution >= 4 is 46.9 Å². The van der Waals surface area contributed by atoms with E-state index in [0.717, 1.165) is 0 Å². The molecule has 0 aliphatic carbocycles. The van der Waals surface area contributed by atoms with Gasteiger partial charge in [0.1, 0.15) is 11.5 Å². The smallest absolute Gasteiger partial charge is 0.482 e. The molecule has 0 aliphatic heterocycles. The van der Waals surface area contributed by atoms with Crippen LogP contribution in [0.4, 0.5) is 10.5 Å². The molecule has 182 valence electrons. The van der Waals surface area contributed by atoms with E-state index in [-0.39, 0.29) is 31.4 Å². The van der Waals surface area contributed by atoms with Gasteiger partial charge in [-0.25, -0.2) is 4.79 Å². The SMILES string of the molecule is CCOC(=O)Oc1ccc(C(=O)NCc2ccccc2NC(=O)COc2ccc(Cl)cc2Cl)cc1. The quantitative estimate of drug-likeness (QED) is 0.288. The summed E-state index contributed by atoms with van der Waals surface area (Å²) in [6.07, 6.45) is -0.815. The van der Waals surface area contributed by atoms with Gasteiger partial charge in [-0.1, -0.05) is 41.4 Å². The van der Waals surface area contributed by atoms with Crippen molar-refractivity contribution in [1.29, 1.82) is 0 Å². The molecule has 8 nitrogen and oxygen atoms in total. The predicted octanol–water partition coefficient (Wildman–Crippen LogP) is 5.48. The zero-order chi connectivity index (χ0) is 25.2. The topological polar surface area (TPSA) is 103 Å². The number of hydrogen-bond acceptors (Lipinski definition) is 6. The van der Waals surface area contributed by atoms with Crippen LogP contribution in [0.15, 0.2) is 66.7 Å². The fourth-order valence-corrected chi connectivity index (χ4v) is 3.38. The third-order valence-corrected chi connectivity index (χ3v) is 5.09. The van der Waals surface area contributed by atoms with Gasteiger partial charge in [-0.15, -0.1) is 0 Å². The van der Waals surface area contributed by atoms with Gasteiger partial charge in [0.25, 0.3) is 11.8 Å². The van der Waals surface area contributed by atoms with E-state index in [1.165, 1.54) is 30.3 Å². The lowest BCUT2D eigenvalue weighted by Gasteiger charge is -2.13. The molecular formula is C25H22Cl2N2O6. The number of benzene rings is 3. The summed E-state index contributed by atoms with van der Waals surface area (Å²) in [6.45, 7) is 1.77. The van der Waals surface area contributed by atoms with Crippen molar-refractivity contribution in [3.8, 4) is 11.5 Å². The van der Waals surface area contributed by atoms with Crippen molar-refractivity contribution in [2.75, 3.05) is 18.5 Å². The largest absolute Gasteiger partial charge is 0.513 e. The molecule has 0 bridgehead atoms. The van der Waals surface area contributed by atoms with E-state index in [0.29, 0.717) is 32.6 Å². The first-order valence-electron chi connectivity index (χ1n) is 10.5. The van der Waals surface area contributed by atoms with Gasteiger partial charge in [0.15, 0.2) is 6.61 Å². The normalized spacial score (nSPS) is 10.3. The van der Waals surface area contributed by atoms with Gasteiger partial charge >= 0.3 is 6.16 Å². The van der Waals surface area contributed by atoms with Crippen molar-refractivity contribution in [2.24, 2.45) is 0 Å². The second-order valence-corrected chi connectivity index (χ2v) is 7.90. The van der Waals surface area contributed by atoms with Crippen LogP contribution in [0.25, 0.3) is 0 Å². The second kappa shape index (κ2) is 12.6. The summed E-state index contributed by atoms with van der Waals surface area (Å²) in [5.74, 6) is -0.137. The molecular weight excluding hydrogens is 495 g/mol. The zero-order valence-electron chi connectivity index (χ0n) is 18.7. The number of carbonyl (C=O) groups excluding carboxylic acids is 3. The van der Waals surface area contributed by atoms with Crippen LogP contribution in [-0.2, 0) is 16.1 Å². The summed E-state index contributed by atoms with van der Waals surface area (Å²) >= 11 is 11.9. The molecule has 0 spiro atoms. The molecule has 0 saturated carbocycles. The number of rotatable bonds is 9. The number of anilines is 1. The van der Waals surface area contributed by atoms with Crippen LogP contribution in [-0.4, -0.2) is 31.2 Å². The van der Waals surface area contributed by atoms with E-state index < -0.39 is 12.1 Å². The van der Waals surface area contributed by atoms with E-state index >= 15 is 0 Å². The number of amides is 2. The van der Waals surface area contributed by atoms with Gasteiger partial charge in [-0.3, -0.25) is 9.59 Å². The van der Waals surface area contributed by atoms with Gasteiger partial charge in [-0.2, -0.15) is 0 Å². The van der Waals surface area contributed by atoms with Crippen molar-refractivity contribution in [3.63, 3.8) is 0 Å². The Morgan fingerprint density at radius 3 is 2.40 bits per heavy atom. The van der Waals surface area contributed by atoms with Crippen LogP contribution in [0.2, 0.25) is 10.0 Å². The number of para-hydroxylation sites is 1. The Balaban J connectivity index is 1.54. The molecule has 3 aromatic carbocycles. The van der Waals surface area contributed by atoms with E-state index in [4.69, 9.17) is 37.4 Å². The van der Waals surface area contributed by atoms with Crippen LogP contribution in [0.5, 0.6) is 11.5 Å². The predicted molar refractivity (Wildman–Crippen MR) is 132 cm³/mol. The molecule has 2 N–H and O–H groups in total. The van der Waals surface area contributed by atoms with Gasteiger partial charge in [0.2, 0.25) is 0 Å². The Kier molecular flexibility index (Phi) is 9.34. The van der Waals surface area contributed by atoms with Crippen molar-refractivity contribution in [3.05, 3.63) is 87.9 Å². The van der Waals surface area contributed by atoms with Gasteiger partial charge in [0.05, 0.1) is 11.6 Å².